The molecular weight excluding hydrogens is 296 g/mol. The lowest BCUT2D eigenvalue weighted by Gasteiger charge is -2.46. The molecule has 0 bridgehead atoms. The van der Waals surface area contributed by atoms with Crippen molar-refractivity contribution in [3.8, 4) is 0 Å². The lowest BCUT2D eigenvalue weighted by molar-refractivity contribution is -0.174. The summed E-state index contributed by atoms with van der Waals surface area (Å²) < 4.78 is 18.7. The molecule has 4 atom stereocenters. The van der Waals surface area contributed by atoms with Crippen molar-refractivity contribution in [2.75, 3.05) is 0 Å². The summed E-state index contributed by atoms with van der Waals surface area (Å²) in [4.78, 5) is 0. The predicted octanol–water partition coefficient (Wildman–Crippen LogP) is 3.69. The average molecular weight is 331 g/mol. The van der Waals surface area contributed by atoms with E-state index in [1.54, 1.807) is 0 Å². The third kappa shape index (κ3) is 3.29. The first-order valence-electron chi connectivity index (χ1n) is 8.40. The minimum atomic E-state index is -1.89. The number of rotatable bonds is 3. The lowest BCUT2D eigenvalue weighted by Crippen LogP contribution is -2.52. The second-order valence-corrected chi connectivity index (χ2v) is 14.2. The number of hydrogen-bond acceptors (Lipinski definition) is 4. The third-order valence-electron chi connectivity index (χ3n) is 5.65. The summed E-state index contributed by atoms with van der Waals surface area (Å²) in [5, 5.41) is 10.5. The van der Waals surface area contributed by atoms with Crippen molar-refractivity contribution < 1.29 is 19.0 Å². The molecule has 1 N–H and O–H groups in total. The fourth-order valence-electron chi connectivity index (χ4n) is 3.52. The summed E-state index contributed by atoms with van der Waals surface area (Å²) in [5.41, 5.74) is -0.340. The fraction of sp³-hybridized carbons (Fsp3) is 1.00. The van der Waals surface area contributed by atoms with Crippen LogP contribution in [0.5, 0.6) is 0 Å². The molecule has 1 aliphatic heterocycles. The first-order chi connectivity index (χ1) is 9.66. The van der Waals surface area contributed by atoms with E-state index in [4.69, 9.17) is 13.9 Å². The van der Waals surface area contributed by atoms with Crippen LogP contribution in [0, 0.1) is 5.92 Å². The molecule has 130 valence electrons. The van der Waals surface area contributed by atoms with Gasteiger partial charge in [-0.3, -0.25) is 0 Å². The smallest absolute Gasteiger partial charge is 0.192 e. The summed E-state index contributed by atoms with van der Waals surface area (Å²) in [6.07, 6.45) is -0.126. The Kier molecular flexibility index (Phi) is 4.41. The first kappa shape index (κ1) is 18.4. The molecule has 0 amide bonds. The Balaban J connectivity index is 2.20. The molecule has 0 aromatic rings. The van der Waals surface area contributed by atoms with E-state index < -0.39 is 20.2 Å². The summed E-state index contributed by atoms with van der Waals surface area (Å²) in [5.74, 6) is -0.481. The standard InChI is InChI=1S/C17H34O4Si/c1-15(2,3)22(8,9)21-16(4,5)11-10-12(18)14-13(11)19-17(6,7)20-14/h11-14,18H,10H2,1-9H3. The minimum absolute atomic E-state index is 0.0928. The zero-order valence-electron chi connectivity index (χ0n) is 15.7. The summed E-state index contributed by atoms with van der Waals surface area (Å²) >= 11 is 0. The van der Waals surface area contributed by atoms with E-state index in [0.717, 1.165) is 0 Å². The molecule has 1 saturated carbocycles. The Bertz CT molecular complexity index is 425. The van der Waals surface area contributed by atoms with Crippen molar-refractivity contribution in [3.63, 3.8) is 0 Å². The zero-order valence-corrected chi connectivity index (χ0v) is 16.7. The molecule has 2 fully saturated rings. The number of aliphatic hydroxyl groups is 1. The summed E-state index contributed by atoms with van der Waals surface area (Å²) in [6.45, 7) is 19.4. The van der Waals surface area contributed by atoms with Crippen LogP contribution in [-0.4, -0.2) is 43.1 Å². The molecule has 0 radical (unpaired) electrons. The number of aliphatic hydroxyl groups excluding tert-OH is 1. The second-order valence-electron chi connectivity index (χ2n) is 9.44. The highest BCUT2D eigenvalue weighted by atomic mass is 28.4. The van der Waals surface area contributed by atoms with Crippen LogP contribution in [0.15, 0.2) is 0 Å². The minimum Gasteiger partial charge on any atom is -0.412 e. The highest BCUT2D eigenvalue weighted by Crippen LogP contribution is 2.49. The highest BCUT2D eigenvalue weighted by Gasteiger charge is 2.58. The van der Waals surface area contributed by atoms with Gasteiger partial charge in [-0.15, -0.1) is 0 Å². The Labute approximate surface area is 136 Å². The zero-order chi connectivity index (χ0) is 17.1. The van der Waals surface area contributed by atoms with Crippen molar-refractivity contribution in [1.29, 1.82) is 0 Å². The first-order valence-corrected chi connectivity index (χ1v) is 11.3. The van der Waals surface area contributed by atoms with Crippen molar-refractivity contribution >= 4 is 8.32 Å². The molecule has 0 spiro atoms. The van der Waals surface area contributed by atoms with Gasteiger partial charge in [0.25, 0.3) is 0 Å². The highest BCUT2D eigenvalue weighted by molar-refractivity contribution is 6.74. The number of ether oxygens (including phenoxy) is 2. The van der Waals surface area contributed by atoms with E-state index in [9.17, 15) is 5.11 Å². The van der Waals surface area contributed by atoms with Crippen LogP contribution in [0.3, 0.4) is 0 Å². The molecule has 4 nitrogen and oxygen atoms in total. The van der Waals surface area contributed by atoms with Gasteiger partial charge in [-0.05, 0) is 52.2 Å². The molecule has 1 heterocycles. The van der Waals surface area contributed by atoms with E-state index in [-0.39, 0.29) is 28.8 Å². The monoisotopic (exact) mass is 330 g/mol. The van der Waals surface area contributed by atoms with Crippen LogP contribution in [0.1, 0.15) is 54.9 Å². The SMILES string of the molecule is CC1(C)OC2C(O)CC(C(C)(C)O[Si](C)(C)C(C)(C)C)C2O1. The second kappa shape index (κ2) is 5.28. The molecular formula is C17H34O4Si. The average Bonchev–Trinajstić information content (AvgIpc) is 2.71. The predicted molar refractivity (Wildman–Crippen MR) is 90.3 cm³/mol. The van der Waals surface area contributed by atoms with Crippen LogP contribution in [-0.2, 0) is 13.9 Å². The quantitative estimate of drug-likeness (QED) is 0.802. The Morgan fingerprint density at radius 3 is 2.05 bits per heavy atom. The van der Waals surface area contributed by atoms with Crippen LogP contribution >= 0.6 is 0 Å². The maximum absolute atomic E-state index is 10.4. The molecule has 5 heteroatoms. The van der Waals surface area contributed by atoms with Crippen molar-refractivity contribution in [2.24, 2.45) is 5.92 Å². The summed E-state index contributed by atoms with van der Waals surface area (Å²) in [6, 6.07) is 0. The van der Waals surface area contributed by atoms with Gasteiger partial charge in [0.05, 0.1) is 17.8 Å². The van der Waals surface area contributed by atoms with Gasteiger partial charge in [-0.1, -0.05) is 20.8 Å². The molecule has 2 aliphatic rings. The molecule has 22 heavy (non-hydrogen) atoms. The van der Waals surface area contributed by atoms with E-state index in [1.165, 1.54) is 0 Å². The molecule has 4 unspecified atom stereocenters. The van der Waals surface area contributed by atoms with Crippen LogP contribution in [0.2, 0.25) is 18.1 Å². The van der Waals surface area contributed by atoms with Crippen LogP contribution in [0.4, 0.5) is 0 Å². The van der Waals surface area contributed by atoms with Crippen molar-refractivity contribution in [1.82, 2.24) is 0 Å². The molecule has 1 saturated heterocycles. The lowest BCUT2D eigenvalue weighted by atomic mass is 9.88. The normalized spacial score (nSPS) is 35.7. The van der Waals surface area contributed by atoms with E-state index in [2.05, 4.69) is 47.7 Å². The fourth-order valence-corrected chi connectivity index (χ4v) is 5.29. The van der Waals surface area contributed by atoms with E-state index in [0.29, 0.717) is 6.42 Å². The van der Waals surface area contributed by atoms with Crippen molar-refractivity contribution in [3.05, 3.63) is 0 Å². The van der Waals surface area contributed by atoms with Gasteiger partial charge >= 0.3 is 0 Å². The van der Waals surface area contributed by atoms with Gasteiger partial charge in [0.2, 0.25) is 0 Å². The van der Waals surface area contributed by atoms with Gasteiger partial charge in [0.15, 0.2) is 14.1 Å². The van der Waals surface area contributed by atoms with Crippen LogP contribution < -0.4 is 0 Å². The molecule has 2 rings (SSSR count). The third-order valence-corrected chi connectivity index (χ3v) is 10.3. The maximum atomic E-state index is 10.4. The maximum Gasteiger partial charge on any atom is 0.192 e. The van der Waals surface area contributed by atoms with Gasteiger partial charge in [-0.25, -0.2) is 0 Å². The van der Waals surface area contributed by atoms with Gasteiger partial charge in [-0.2, -0.15) is 0 Å². The summed E-state index contributed by atoms with van der Waals surface area (Å²) in [7, 11) is -1.89. The molecule has 0 aromatic carbocycles. The van der Waals surface area contributed by atoms with E-state index in [1.807, 2.05) is 13.8 Å². The van der Waals surface area contributed by atoms with Gasteiger partial charge in [0, 0.05) is 5.92 Å². The van der Waals surface area contributed by atoms with Crippen molar-refractivity contribution in [2.45, 2.75) is 103 Å². The van der Waals surface area contributed by atoms with Gasteiger partial charge in [0.1, 0.15) is 6.10 Å². The Hall–Kier alpha value is 0.0569. The van der Waals surface area contributed by atoms with Gasteiger partial charge < -0.3 is 19.0 Å². The number of fused-ring (bicyclic) bond motifs is 1. The largest absolute Gasteiger partial charge is 0.412 e. The van der Waals surface area contributed by atoms with E-state index >= 15 is 0 Å². The molecule has 0 aromatic heterocycles. The van der Waals surface area contributed by atoms with Crippen LogP contribution in [0.25, 0.3) is 0 Å². The number of hydrogen-bond donors (Lipinski definition) is 1. The Morgan fingerprint density at radius 2 is 1.55 bits per heavy atom. The topological polar surface area (TPSA) is 47.9 Å². The molecule has 1 aliphatic carbocycles. The Morgan fingerprint density at radius 1 is 1.05 bits per heavy atom.